The number of amides is 1. The number of aromatic nitrogens is 1. The topological polar surface area (TPSA) is 42.4 Å². The number of pyridine rings is 1. The highest BCUT2D eigenvalue weighted by molar-refractivity contribution is 9.10. The molecule has 0 unspecified atom stereocenters. The highest BCUT2D eigenvalue weighted by atomic mass is 79.9. The minimum Gasteiger partial charge on any atom is -0.492 e. The number of halogens is 1. The van der Waals surface area contributed by atoms with Gasteiger partial charge in [-0.2, -0.15) is 0 Å². The molecule has 0 aliphatic heterocycles. The van der Waals surface area contributed by atoms with Gasteiger partial charge < -0.3 is 9.64 Å². The number of hydrogen-bond acceptors (Lipinski definition) is 3. The quantitative estimate of drug-likeness (QED) is 0.615. The molecule has 1 rings (SSSR count). The molecule has 0 aromatic carbocycles. The Labute approximate surface area is 104 Å². The van der Waals surface area contributed by atoms with Crippen LogP contribution in [0, 0.1) is 0 Å². The Balaban J connectivity index is 2.21. The molecule has 0 saturated heterocycles. The van der Waals surface area contributed by atoms with Crippen LogP contribution in [0.4, 0.5) is 0 Å². The van der Waals surface area contributed by atoms with E-state index in [1.54, 1.807) is 25.2 Å². The van der Waals surface area contributed by atoms with Gasteiger partial charge in [-0.15, -0.1) is 0 Å². The maximum absolute atomic E-state index is 11.3. The predicted molar refractivity (Wildman–Crippen MR) is 65.4 cm³/mol. The van der Waals surface area contributed by atoms with Crippen LogP contribution in [0.15, 0.2) is 22.9 Å². The zero-order valence-electron chi connectivity index (χ0n) is 9.44. The number of nitrogens with zero attached hydrogens (tertiary/aromatic N) is 2. The number of carbonyl (C=O) groups is 1. The highest BCUT2D eigenvalue weighted by Crippen LogP contribution is 2.12. The Hall–Kier alpha value is -1.10. The molecule has 5 heteroatoms. The summed E-state index contributed by atoms with van der Waals surface area (Å²) in [7, 11) is 3.50. The first-order valence-electron chi connectivity index (χ1n) is 5.04. The molecule has 4 nitrogen and oxygen atoms in total. The fraction of sp³-hybridized carbons (Fsp3) is 0.455. The van der Waals surface area contributed by atoms with Gasteiger partial charge in [-0.25, -0.2) is 4.98 Å². The van der Waals surface area contributed by atoms with Gasteiger partial charge in [0.2, 0.25) is 5.91 Å². The van der Waals surface area contributed by atoms with Crippen LogP contribution in [0.1, 0.15) is 12.8 Å². The first-order valence-corrected chi connectivity index (χ1v) is 5.83. The maximum Gasteiger partial charge on any atom is 0.222 e. The summed E-state index contributed by atoms with van der Waals surface area (Å²) >= 11 is 3.25. The SMILES string of the molecule is CN(C)C(=O)CCCOc1ccc(Br)nc1. The molecule has 0 fully saturated rings. The summed E-state index contributed by atoms with van der Waals surface area (Å²) in [6, 6.07) is 3.66. The Morgan fingerprint density at radius 3 is 2.81 bits per heavy atom. The third kappa shape index (κ3) is 4.61. The molecule has 0 bridgehead atoms. The first-order chi connectivity index (χ1) is 7.59. The van der Waals surface area contributed by atoms with Gasteiger partial charge in [-0.1, -0.05) is 0 Å². The Morgan fingerprint density at radius 2 is 2.25 bits per heavy atom. The van der Waals surface area contributed by atoms with Crippen LogP contribution in [0.2, 0.25) is 0 Å². The average molecular weight is 287 g/mol. The lowest BCUT2D eigenvalue weighted by atomic mass is 10.3. The molecule has 0 aliphatic rings. The summed E-state index contributed by atoms with van der Waals surface area (Å²) < 4.78 is 6.22. The summed E-state index contributed by atoms with van der Waals surface area (Å²) in [4.78, 5) is 16.9. The standard InChI is InChI=1S/C11H15BrN2O2/c1-14(2)11(15)4-3-7-16-9-5-6-10(12)13-8-9/h5-6,8H,3-4,7H2,1-2H3. The first kappa shape index (κ1) is 13.0. The zero-order valence-corrected chi connectivity index (χ0v) is 11.0. The van der Waals surface area contributed by atoms with Crippen molar-refractivity contribution in [2.24, 2.45) is 0 Å². The van der Waals surface area contributed by atoms with E-state index in [-0.39, 0.29) is 5.91 Å². The molecule has 0 spiro atoms. The average Bonchev–Trinajstić information content (AvgIpc) is 2.26. The van der Waals surface area contributed by atoms with Crippen LogP contribution >= 0.6 is 15.9 Å². The van der Waals surface area contributed by atoms with Crippen molar-refractivity contribution in [2.75, 3.05) is 20.7 Å². The lowest BCUT2D eigenvalue weighted by molar-refractivity contribution is -0.128. The molecule has 0 aliphatic carbocycles. The lowest BCUT2D eigenvalue weighted by Gasteiger charge is -2.10. The van der Waals surface area contributed by atoms with Gasteiger partial charge in [-0.3, -0.25) is 4.79 Å². The van der Waals surface area contributed by atoms with Gasteiger partial charge in [0.15, 0.2) is 0 Å². The van der Waals surface area contributed by atoms with Crippen LogP contribution in [0.5, 0.6) is 5.75 Å². The minimum absolute atomic E-state index is 0.123. The second-order valence-electron chi connectivity index (χ2n) is 3.56. The van der Waals surface area contributed by atoms with E-state index in [4.69, 9.17) is 4.74 Å². The van der Waals surface area contributed by atoms with E-state index >= 15 is 0 Å². The normalized spacial score (nSPS) is 9.94. The molecular weight excluding hydrogens is 272 g/mol. The van der Waals surface area contributed by atoms with Gasteiger partial charge >= 0.3 is 0 Å². The van der Waals surface area contributed by atoms with E-state index in [2.05, 4.69) is 20.9 Å². The molecule has 1 aromatic rings. The maximum atomic E-state index is 11.3. The molecule has 0 saturated carbocycles. The van der Waals surface area contributed by atoms with Crippen molar-refractivity contribution >= 4 is 21.8 Å². The second-order valence-corrected chi connectivity index (χ2v) is 4.37. The third-order valence-corrected chi connectivity index (χ3v) is 2.47. The molecule has 16 heavy (non-hydrogen) atoms. The van der Waals surface area contributed by atoms with Crippen molar-refractivity contribution in [3.8, 4) is 5.75 Å². The summed E-state index contributed by atoms with van der Waals surface area (Å²) in [5.41, 5.74) is 0. The van der Waals surface area contributed by atoms with Crippen LogP contribution in [-0.2, 0) is 4.79 Å². The smallest absolute Gasteiger partial charge is 0.222 e. The van der Waals surface area contributed by atoms with Crippen molar-refractivity contribution < 1.29 is 9.53 Å². The van der Waals surface area contributed by atoms with E-state index < -0.39 is 0 Å². The molecule has 1 heterocycles. The summed E-state index contributed by atoms with van der Waals surface area (Å²) in [5.74, 6) is 0.845. The molecule has 1 aromatic heterocycles. The van der Waals surface area contributed by atoms with Crippen LogP contribution in [0.3, 0.4) is 0 Å². The molecule has 0 radical (unpaired) electrons. The van der Waals surface area contributed by atoms with Crippen molar-refractivity contribution in [2.45, 2.75) is 12.8 Å². The zero-order chi connectivity index (χ0) is 12.0. The van der Waals surface area contributed by atoms with E-state index in [1.807, 2.05) is 12.1 Å². The molecule has 0 atom stereocenters. The fourth-order valence-corrected chi connectivity index (χ4v) is 1.32. The molecule has 1 amide bonds. The highest BCUT2D eigenvalue weighted by Gasteiger charge is 2.03. The Kier molecular flexibility index (Phi) is 5.25. The Morgan fingerprint density at radius 1 is 1.50 bits per heavy atom. The summed E-state index contributed by atoms with van der Waals surface area (Å²) in [6.45, 7) is 0.531. The number of rotatable bonds is 5. The van der Waals surface area contributed by atoms with E-state index in [1.165, 1.54) is 0 Å². The van der Waals surface area contributed by atoms with Gasteiger partial charge in [0.05, 0.1) is 12.8 Å². The fourth-order valence-electron chi connectivity index (χ4n) is 1.08. The van der Waals surface area contributed by atoms with Gasteiger partial charge in [0.25, 0.3) is 0 Å². The lowest BCUT2D eigenvalue weighted by Crippen LogP contribution is -2.21. The molecular formula is C11H15BrN2O2. The van der Waals surface area contributed by atoms with Crippen LogP contribution in [0.25, 0.3) is 0 Å². The molecule has 88 valence electrons. The monoisotopic (exact) mass is 286 g/mol. The van der Waals surface area contributed by atoms with Gasteiger partial charge in [0.1, 0.15) is 10.4 Å². The van der Waals surface area contributed by atoms with E-state index in [0.29, 0.717) is 19.4 Å². The van der Waals surface area contributed by atoms with Gasteiger partial charge in [-0.05, 0) is 34.5 Å². The predicted octanol–water partition coefficient (Wildman–Crippen LogP) is 2.09. The van der Waals surface area contributed by atoms with E-state index in [9.17, 15) is 4.79 Å². The van der Waals surface area contributed by atoms with Crippen molar-refractivity contribution in [3.63, 3.8) is 0 Å². The number of hydrogen-bond donors (Lipinski definition) is 0. The Bertz CT molecular complexity index is 338. The van der Waals surface area contributed by atoms with Crippen LogP contribution in [-0.4, -0.2) is 36.5 Å². The summed E-state index contributed by atoms with van der Waals surface area (Å²) in [5, 5.41) is 0. The van der Waals surface area contributed by atoms with Crippen molar-refractivity contribution in [1.29, 1.82) is 0 Å². The van der Waals surface area contributed by atoms with Crippen molar-refractivity contribution in [1.82, 2.24) is 9.88 Å². The third-order valence-electron chi connectivity index (χ3n) is 2.00. The van der Waals surface area contributed by atoms with E-state index in [0.717, 1.165) is 10.4 Å². The minimum atomic E-state index is 0.123. The second kappa shape index (κ2) is 6.48. The number of ether oxygens (including phenoxy) is 1. The van der Waals surface area contributed by atoms with Crippen LogP contribution < -0.4 is 4.74 Å². The largest absolute Gasteiger partial charge is 0.492 e. The number of carbonyl (C=O) groups excluding carboxylic acids is 1. The van der Waals surface area contributed by atoms with Crippen molar-refractivity contribution in [3.05, 3.63) is 22.9 Å². The summed E-state index contributed by atoms with van der Waals surface area (Å²) in [6.07, 6.45) is 2.88. The van der Waals surface area contributed by atoms with Gasteiger partial charge in [0, 0.05) is 20.5 Å². The molecule has 0 N–H and O–H groups in total.